The summed E-state index contributed by atoms with van der Waals surface area (Å²) in [5.41, 5.74) is 2.27. The first-order chi connectivity index (χ1) is 12.7. The molecule has 1 aliphatic heterocycles. The highest BCUT2D eigenvalue weighted by Crippen LogP contribution is 2.17. The van der Waals surface area contributed by atoms with E-state index in [1.54, 1.807) is 0 Å². The number of aromatic amines is 1. The Balaban J connectivity index is 1.61. The van der Waals surface area contributed by atoms with E-state index in [9.17, 15) is 4.79 Å². The zero-order chi connectivity index (χ0) is 17.9. The van der Waals surface area contributed by atoms with Crippen LogP contribution < -0.4 is 14.6 Å². The maximum atomic E-state index is 12.8. The zero-order valence-corrected chi connectivity index (χ0v) is 15.0. The lowest BCUT2D eigenvalue weighted by Crippen LogP contribution is -2.41. The van der Waals surface area contributed by atoms with Crippen molar-refractivity contribution in [3.63, 3.8) is 0 Å². The van der Waals surface area contributed by atoms with Crippen LogP contribution in [0.1, 0.15) is 16.1 Å². The molecular formula is C19H20ClN4O2+. The van der Waals surface area contributed by atoms with E-state index in [1.165, 1.54) is 0 Å². The second-order valence-electron chi connectivity index (χ2n) is 6.15. The summed E-state index contributed by atoms with van der Waals surface area (Å²) in [5.74, 6) is 0.736. The van der Waals surface area contributed by atoms with Crippen LogP contribution >= 0.6 is 11.6 Å². The predicted molar refractivity (Wildman–Crippen MR) is 99.6 cm³/mol. The number of pyridine rings is 1. The Morgan fingerprint density at radius 1 is 1.19 bits per heavy atom. The molecule has 1 saturated heterocycles. The maximum absolute atomic E-state index is 12.8. The molecule has 1 aliphatic rings. The lowest BCUT2D eigenvalue weighted by atomic mass is 10.2. The molecule has 7 heteroatoms. The number of benzene rings is 1. The fourth-order valence-electron chi connectivity index (χ4n) is 3.15. The lowest BCUT2D eigenvalue weighted by molar-refractivity contribution is -0.497. The fourth-order valence-corrected chi connectivity index (χ4v) is 3.36. The minimum Gasteiger partial charge on any atom is -0.375 e. The van der Waals surface area contributed by atoms with Crippen molar-refractivity contribution in [1.29, 1.82) is 0 Å². The van der Waals surface area contributed by atoms with Crippen molar-refractivity contribution in [2.24, 2.45) is 0 Å². The first-order valence-corrected chi connectivity index (χ1v) is 8.98. The van der Waals surface area contributed by atoms with Crippen LogP contribution in [0.3, 0.4) is 0 Å². The molecule has 26 heavy (non-hydrogen) atoms. The molecule has 3 aromatic rings. The molecule has 0 saturated carbocycles. The molecule has 0 bridgehead atoms. The second kappa shape index (κ2) is 7.35. The first kappa shape index (κ1) is 16.9. The molecule has 1 fully saturated rings. The third kappa shape index (κ3) is 3.25. The molecule has 4 rings (SSSR count). The molecule has 3 heterocycles. The minimum atomic E-state index is -0.159. The van der Waals surface area contributed by atoms with E-state index in [-0.39, 0.29) is 5.91 Å². The van der Waals surface area contributed by atoms with Crippen molar-refractivity contribution in [3.05, 3.63) is 64.9 Å². The molecule has 0 spiro atoms. The summed E-state index contributed by atoms with van der Waals surface area (Å²) >= 11 is 6.17. The van der Waals surface area contributed by atoms with Gasteiger partial charge in [0, 0.05) is 11.6 Å². The van der Waals surface area contributed by atoms with Gasteiger partial charge in [-0.25, -0.2) is 9.38 Å². The molecule has 6 nitrogen and oxygen atoms in total. The van der Waals surface area contributed by atoms with Gasteiger partial charge in [0.25, 0.3) is 5.91 Å². The molecule has 0 aliphatic carbocycles. The Hall–Kier alpha value is -2.57. The molecule has 0 radical (unpaired) electrons. The highest BCUT2D eigenvalue weighted by atomic mass is 35.5. The van der Waals surface area contributed by atoms with Crippen LogP contribution in [0.25, 0.3) is 5.52 Å². The average Bonchev–Trinajstić information content (AvgIpc) is 3.08. The van der Waals surface area contributed by atoms with Crippen molar-refractivity contribution in [1.82, 2.24) is 10.3 Å². The number of H-pyrrole nitrogens is 1. The minimum absolute atomic E-state index is 0.159. The monoisotopic (exact) mass is 371 g/mol. The number of imidazole rings is 1. The van der Waals surface area contributed by atoms with Crippen LogP contribution in [-0.2, 0) is 11.3 Å². The summed E-state index contributed by atoms with van der Waals surface area (Å²) < 4.78 is 7.44. The third-order valence-electron chi connectivity index (χ3n) is 4.52. The molecule has 0 unspecified atom stereocenters. The number of fused-ring (bicyclic) bond motifs is 1. The Morgan fingerprint density at radius 3 is 2.77 bits per heavy atom. The normalized spacial score (nSPS) is 14.6. The van der Waals surface area contributed by atoms with E-state index in [0.29, 0.717) is 30.5 Å². The van der Waals surface area contributed by atoms with Crippen molar-refractivity contribution in [3.8, 4) is 0 Å². The Labute approximate surface area is 156 Å². The molecular weight excluding hydrogens is 352 g/mol. The number of halogens is 1. The first-order valence-electron chi connectivity index (χ1n) is 8.61. The SMILES string of the molecule is O=C(NCc1ccccc1Cl)c1[nH]c(N2CCOCC2)[n+]2ccccc12. The van der Waals surface area contributed by atoms with Gasteiger partial charge in [-0.3, -0.25) is 9.69 Å². The smallest absolute Gasteiger partial charge is 0.363 e. The third-order valence-corrected chi connectivity index (χ3v) is 4.88. The number of rotatable bonds is 4. The molecule has 2 N–H and O–H groups in total. The van der Waals surface area contributed by atoms with Gasteiger partial charge in [0.2, 0.25) is 5.69 Å². The van der Waals surface area contributed by atoms with Gasteiger partial charge in [-0.15, -0.1) is 0 Å². The Morgan fingerprint density at radius 2 is 1.96 bits per heavy atom. The summed E-state index contributed by atoms with van der Waals surface area (Å²) in [6.45, 7) is 3.32. The topological polar surface area (TPSA) is 61.5 Å². The van der Waals surface area contributed by atoms with Gasteiger partial charge in [-0.2, -0.15) is 0 Å². The van der Waals surface area contributed by atoms with Gasteiger partial charge >= 0.3 is 5.95 Å². The van der Waals surface area contributed by atoms with E-state index >= 15 is 0 Å². The molecule has 0 atom stereocenters. The summed E-state index contributed by atoms with van der Waals surface area (Å²) in [6, 6.07) is 13.3. The molecule has 134 valence electrons. The van der Waals surface area contributed by atoms with Crippen LogP contribution in [0.5, 0.6) is 0 Å². The number of amides is 1. The lowest BCUT2D eigenvalue weighted by Gasteiger charge is -2.21. The molecule has 1 amide bonds. The summed E-state index contributed by atoms with van der Waals surface area (Å²) in [7, 11) is 0. The highest BCUT2D eigenvalue weighted by molar-refractivity contribution is 6.31. The molecule has 2 aromatic heterocycles. The quantitative estimate of drug-likeness (QED) is 0.691. The van der Waals surface area contributed by atoms with Gasteiger partial charge in [0.15, 0.2) is 5.52 Å². The maximum Gasteiger partial charge on any atom is 0.363 e. The van der Waals surface area contributed by atoms with Gasteiger partial charge in [0.05, 0.1) is 32.5 Å². The largest absolute Gasteiger partial charge is 0.375 e. The number of nitrogens with one attached hydrogen (secondary N) is 2. The van der Waals surface area contributed by atoms with E-state index in [4.69, 9.17) is 16.3 Å². The number of hydrogen-bond donors (Lipinski definition) is 2. The Bertz CT molecular complexity index is 934. The van der Waals surface area contributed by atoms with Crippen LogP contribution in [0.4, 0.5) is 5.95 Å². The number of aromatic nitrogens is 2. The Kier molecular flexibility index (Phi) is 4.77. The van der Waals surface area contributed by atoms with E-state index in [2.05, 4.69) is 15.2 Å². The number of morpholine rings is 1. The fraction of sp³-hybridized carbons (Fsp3) is 0.263. The standard InChI is InChI=1S/C19H19ClN4O2/c20-15-6-2-1-5-14(15)13-21-18(25)17-16-7-3-4-8-24(16)19(22-17)23-9-11-26-12-10-23/h1-8H,9-13H2,(H,21,25)/p+1. The van der Waals surface area contributed by atoms with Crippen LogP contribution in [0.2, 0.25) is 5.02 Å². The number of ether oxygens (including phenoxy) is 1. The number of hydrogen-bond acceptors (Lipinski definition) is 3. The van der Waals surface area contributed by atoms with E-state index < -0.39 is 0 Å². The van der Waals surface area contributed by atoms with Gasteiger partial charge in [-0.05, 0) is 23.8 Å². The van der Waals surface area contributed by atoms with Gasteiger partial charge in [-0.1, -0.05) is 35.9 Å². The average molecular weight is 372 g/mol. The van der Waals surface area contributed by atoms with Crippen LogP contribution in [0.15, 0.2) is 48.7 Å². The van der Waals surface area contributed by atoms with Crippen LogP contribution in [-0.4, -0.2) is 37.2 Å². The summed E-state index contributed by atoms with van der Waals surface area (Å²) in [5, 5.41) is 3.60. The number of carbonyl (C=O) groups is 1. The number of nitrogens with zero attached hydrogens (tertiary/aromatic N) is 2. The summed E-state index contributed by atoms with van der Waals surface area (Å²) in [6.07, 6.45) is 1.96. The zero-order valence-electron chi connectivity index (χ0n) is 14.2. The van der Waals surface area contributed by atoms with Gasteiger partial charge in [0.1, 0.15) is 0 Å². The van der Waals surface area contributed by atoms with Crippen molar-refractivity contribution in [2.75, 3.05) is 31.2 Å². The van der Waals surface area contributed by atoms with Crippen molar-refractivity contribution < 1.29 is 13.9 Å². The van der Waals surface area contributed by atoms with Crippen molar-refractivity contribution >= 4 is 29.0 Å². The van der Waals surface area contributed by atoms with Crippen molar-refractivity contribution in [2.45, 2.75) is 6.54 Å². The number of anilines is 1. The van der Waals surface area contributed by atoms with E-state index in [0.717, 1.165) is 30.1 Å². The van der Waals surface area contributed by atoms with E-state index in [1.807, 2.05) is 53.1 Å². The number of carbonyl (C=O) groups excluding carboxylic acids is 1. The predicted octanol–water partition coefficient (Wildman–Crippen LogP) is 2.17. The highest BCUT2D eigenvalue weighted by Gasteiger charge is 2.28. The van der Waals surface area contributed by atoms with Crippen LogP contribution in [0, 0.1) is 0 Å². The summed E-state index contributed by atoms with van der Waals surface area (Å²) in [4.78, 5) is 18.3. The molecule has 1 aromatic carbocycles. The second-order valence-corrected chi connectivity index (χ2v) is 6.56. The van der Waals surface area contributed by atoms with Gasteiger partial charge < -0.3 is 10.1 Å².